The molecule has 2 amide bonds. The maximum Gasteiger partial charge on any atom is 0.417 e. The number of halogens is 3. The predicted molar refractivity (Wildman–Crippen MR) is 120 cm³/mol. The quantitative estimate of drug-likeness (QED) is 0.430. The first-order chi connectivity index (χ1) is 16.1. The van der Waals surface area contributed by atoms with Gasteiger partial charge in [-0.1, -0.05) is 23.4 Å². The van der Waals surface area contributed by atoms with Gasteiger partial charge in [0.05, 0.1) is 27.9 Å². The number of carbonyl (C=O) groups excluding carboxylic acids is 2. The fraction of sp³-hybridized carbons (Fsp3) is 0.167. The molecular formula is C24H19F3N4O3. The van der Waals surface area contributed by atoms with Crippen molar-refractivity contribution in [2.24, 2.45) is 0 Å². The van der Waals surface area contributed by atoms with Crippen LogP contribution in [0.5, 0.6) is 0 Å². The highest BCUT2D eigenvalue weighted by Crippen LogP contribution is 2.37. The molecule has 174 valence electrons. The third-order valence-corrected chi connectivity index (χ3v) is 5.35. The summed E-state index contributed by atoms with van der Waals surface area (Å²) in [5.74, 6) is -0.720. The molecule has 2 aromatic heterocycles. The Morgan fingerprint density at radius 3 is 2.38 bits per heavy atom. The van der Waals surface area contributed by atoms with Crippen LogP contribution in [0.3, 0.4) is 0 Å². The highest BCUT2D eigenvalue weighted by Gasteiger charge is 2.34. The lowest BCUT2D eigenvalue weighted by Crippen LogP contribution is -2.22. The predicted octanol–water partition coefficient (Wildman–Crippen LogP) is 5.45. The van der Waals surface area contributed by atoms with Crippen molar-refractivity contribution in [2.45, 2.75) is 20.0 Å². The van der Waals surface area contributed by atoms with Crippen LogP contribution in [0.1, 0.15) is 28.5 Å². The van der Waals surface area contributed by atoms with Gasteiger partial charge in [-0.25, -0.2) is 4.98 Å². The van der Waals surface area contributed by atoms with E-state index >= 15 is 0 Å². The maximum atomic E-state index is 13.6. The summed E-state index contributed by atoms with van der Waals surface area (Å²) in [6.45, 7) is 3.04. The second-order valence-electron chi connectivity index (χ2n) is 7.63. The molecule has 4 rings (SSSR count). The van der Waals surface area contributed by atoms with E-state index in [0.717, 1.165) is 6.07 Å². The molecule has 4 aromatic rings. The summed E-state index contributed by atoms with van der Waals surface area (Å²) in [7, 11) is 1.62. The van der Waals surface area contributed by atoms with Crippen LogP contribution < -0.4 is 10.2 Å². The van der Waals surface area contributed by atoms with E-state index in [4.69, 9.17) is 4.52 Å². The normalized spacial score (nSPS) is 11.5. The van der Waals surface area contributed by atoms with Gasteiger partial charge in [-0.05, 0) is 43.3 Å². The molecule has 0 saturated carbocycles. The minimum Gasteiger partial charge on any atom is -0.335 e. The molecule has 2 aromatic carbocycles. The minimum absolute atomic E-state index is 0.0458. The molecule has 7 nitrogen and oxygen atoms in total. The van der Waals surface area contributed by atoms with Gasteiger partial charge >= 0.3 is 6.18 Å². The van der Waals surface area contributed by atoms with Crippen LogP contribution in [0.2, 0.25) is 0 Å². The Bertz CT molecular complexity index is 1400. The van der Waals surface area contributed by atoms with Crippen LogP contribution in [-0.4, -0.2) is 29.0 Å². The van der Waals surface area contributed by atoms with Crippen LogP contribution in [0, 0.1) is 6.92 Å². The number of fused-ring (bicyclic) bond motifs is 1. The summed E-state index contributed by atoms with van der Waals surface area (Å²) in [5, 5.41) is 6.85. The molecular weight excluding hydrogens is 449 g/mol. The fourth-order valence-corrected chi connectivity index (χ4v) is 3.51. The zero-order valence-electron chi connectivity index (χ0n) is 18.4. The summed E-state index contributed by atoms with van der Waals surface area (Å²) < 4.78 is 45.9. The Morgan fingerprint density at radius 1 is 1.06 bits per heavy atom. The van der Waals surface area contributed by atoms with Crippen molar-refractivity contribution in [3.63, 3.8) is 0 Å². The lowest BCUT2D eigenvalue weighted by atomic mass is 10.0. The van der Waals surface area contributed by atoms with Crippen LogP contribution in [0.25, 0.3) is 22.4 Å². The van der Waals surface area contributed by atoms with E-state index in [1.54, 1.807) is 38.2 Å². The van der Waals surface area contributed by atoms with Crippen LogP contribution >= 0.6 is 0 Å². The highest BCUT2D eigenvalue weighted by molar-refractivity contribution is 6.13. The molecule has 0 unspecified atom stereocenters. The van der Waals surface area contributed by atoms with Gasteiger partial charge in [-0.2, -0.15) is 13.2 Å². The third kappa shape index (κ3) is 4.34. The topological polar surface area (TPSA) is 88.3 Å². The van der Waals surface area contributed by atoms with Crippen molar-refractivity contribution in [1.29, 1.82) is 0 Å². The van der Waals surface area contributed by atoms with E-state index in [1.165, 1.54) is 36.1 Å². The van der Waals surface area contributed by atoms with Crippen molar-refractivity contribution >= 4 is 34.3 Å². The molecule has 1 N–H and O–H groups in total. The van der Waals surface area contributed by atoms with Crippen molar-refractivity contribution in [3.05, 3.63) is 71.4 Å². The van der Waals surface area contributed by atoms with Crippen molar-refractivity contribution in [1.82, 2.24) is 10.1 Å². The fourth-order valence-electron chi connectivity index (χ4n) is 3.51. The number of aryl methyl sites for hydroxylation is 1. The molecule has 0 radical (unpaired) electrons. The van der Waals surface area contributed by atoms with Gasteiger partial charge in [0.1, 0.15) is 0 Å². The molecule has 0 spiro atoms. The average Bonchev–Trinajstić information content (AvgIpc) is 3.18. The molecule has 2 heterocycles. The molecule has 10 heteroatoms. The molecule has 0 atom stereocenters. The maximum absolute atomic E-state index is 13.6. The lowest BCUT2D eigenvalue weighted by molar-refractivity contribution is -0.137. The first-order valence-electron chi connectivity index (χ1n) is 10.2. The van der Waals surface area contributed by atoms with Gasteiger partial charge in [-0.3, -0.25) is 9.59 Å². The lowest BCUT2D eigenvalue weighted by Gasteiger charge is -2.15. The number of rotatable bonds is 4. The summed E-state index contributed by atoms with van der Waals surface area (Å²) in [6, 6.07) is 12.8. The largest absolute Gasteiger partial charge is 0.417 e. The molecule has 0 fully saturated rings. The summed E-state index contributed by atoms with van der Waals surface area (Å²) in [4.78, 5) is 30.3. The van der Waals surface area contributed by atoms with E-state index in [9.17, 15) is 22.8 Å². The Balaban J connectivity index is 1.75. The summed E-state index contributed by atoms with van der Waals surface area (Å²) in [5.41, 5.74) is 0.337. The third-order valence-electron chi connectivity index (χ3n) is 5.35. The zero-order valence-corrected chi connectivity index (χ0v) is 18.4. The van der Waals surface area contributed by atoms with Gasteiger partial charge in [0.2, 0.25) is 5.91 Å². The second kappa shape index (κ2) is 8.62. The van der Waals surface area contributed by atoms with E-state index in [-0.39, 0.29) is 28.4 Å². The number of anilines is 2. The Kier molecular flexibility index (Phi) is 5.82. The highest BCUT2D eigenvalue weighted by atomic mass is 19.4. The minimum atomic E-state index is -4.61. The first-order valence-corrected chi connectivity index (χ1v) is 10.2. The molecule has 34 heavy (non-hydrogen) atoms. The zero-order chi connectivity index (χ0) is 24.6. The van der Waals surface area contributed by atoms with Crippen molar-refractivity contribution in [2.75, 3.05) is 17.3 Å². The standard InChI is InChI=1S/C24H19F3N4O3/c1-13-21-18(22(33)28-15-8-10-16(11-9-15)31(3)14(2)32)12-20(29-23(21)34-30-13)17-6-4-5-7-19(17)24(25,26)27/h4-12H,1-3H3,(H,28,33). The monoisotopic (exact) mass is 468 g/mol. The number of nitrogens with zero attached hydrogens (tertiary/aromatic N) is 3. The Labute approximate surface area is 192 Å². The van der Waals surface area contributed by atoms with Gasteiger partial charge in [0.15, 0.2) is 0 Å². The van der Waals surface area contributed by atoms with Gasteiger partial charge in [-0.15, -0.1) is 0 Å². The van der Waals surface area contributed by atoms with Gasteiger partial charge < -0.3 is 14.7 Å². The van der Waals surface area contributed by atoms with E-state index in [2.05, 4.69) is 15.5 Å². The van der Waals surface area contributed by atoms with Gasteiger partial charge in [0, 0.05) is 30.9 Å². The number of hydrogen-bond acceptors (Lipinski definition) is 5. The summed E-state index contributed by atoms with van der Waals surface area (Å²) >= 11 is 0. The number of alkyl halides is 3. The average molecular weight is 468 g/mol. The number of carbonyl (C=O) groups is 2. The molecule has 0 aliphatic rings. The molecule has 0 aliphatic heterocycles. The van der Waals surface area contributed by atoms with Crippen molar-refractivity contribution < 1.29 is 27.3 Å². The SMILES string of the molecule is CC(=O)N(C)c1ccc(NC(=O)c2cc(-c3ccccc3C(F)(F)F)nc3onc(C)c23)cc1. The van der Waals surface area contributed by atoms with E-state index in [0.29, 0.717) is 22.5 Å². The Hall–Kier alpha value is -4.21. The smallest absolute Gasteiger partial charge is 0.335 e. The summed E-state index contributed by atoms with van der Waals surface area (Å²) in [6.07, 6.45) is -4.61. The molecule has 0 saturated heterocycles. The van der Waals surface area contributed by atoms with Crippen molar-refractivity contribution in [3.8, 4) is 11.3 Å². The first kappa shape index (κ1) is 23.0. The number of nitrogens with one attached hydrogen (secondary N) is 1. The van der Waals surface area contributed by atoms with Crippen LogP contribution in [0.4, 0.5) is 24.5 Å². The van der Waals surface area contributed by atoms with Crippen LogP contribution in [0.15, 0.2) is 59.1 Å². The number of amides is 2. The molecule has 0 aliphatic carbocycles. The van der Waals surface area contributed by atoms with E-state index < -0.39 is 17.6 Å². The number of hydrogen-bond donors (Lipinski definition) is 1. The number of pyridine rings is 1. The molecule has 0 bridgehead atoms. The van der Waals surface area contributed by atoms with Gasteiger partial charge in [0.25, 0.3) is 11.6 Å². The van der Waals surface area contributed by atoms with Crippen LogP contribution in [-0.2, 0) is 11.0 Å². The number of benzene rings is 2. The Morgan fingerprint density at radius 2 is 1.74 bits per heavy atom. The van der Waals surface area contributed by atoms with E-state index in [1.807, 2.05) is 0 Å². The number of aromatic nitrogens is 2. The second-order valence-corrected chi connectivity index (χ2v) is 7.63.